The molecular formula is C17H16N2O2S2. The molecule has 1 saturated heterocycles. The van der Waals surface area contributed by atoms with Crippen molar-refractivity contribution in [2.24, 2.45) is 0 Å². The van der Waals surface area contributed by atoms with Gasteiger partial charge in [0.15, 0.2) is 0 Å². The Morgan fingerprint density at radius 3 is 3.17 bits per heavy atom. The van der Waals surface area contributed by atoms with Crippen molar-refractivity contribution in [2.75, 3.05) is 6.61 Å². The normalized spacial score (nSPS) is 17.7. The highest BCUT2D eigenvalue weighted by molar-refractivity contribution is 7.17. The molecule has 1 aliphatic heterocycles. The van der Waals surface area contributed by atoms with Gasteiger partial charge in [0.1, 0.15) is 0 Å². The SMILES string of the molecule is O=C(NCc1cccc2ncsc12)c1ccc(C2CCCO2)s1. The molecule has 4 nitrogen and oxygen atoms in total. The summed E-state index contributed by atoms with van der Waals surface area (Å²) in [7, 11) is 0. The summed E-state index contributed by atoms with van der Waals surface area (Å²) in [6.07, 6.45) is 2.32. The Bertz CT molecular complexity index is 834. The van der Waals surface area contributed by atoms with Gasteiger partial charge in [0, 0.05) is 18.0 Å². The van der Waals surface area contributed by atoms with Gasteiger partial charge >= 0.3 is 0 Å². The van der Waals surface area contributed by atoms with E-state index >= 15 is 0 Å². The molecule has 3 heterocycles. The summed E-state index contributed by atoms with van der Waals surface area (Å²) in [4.78, 5) is 18.6. The number of nitrogens with zero attached hydrogens (tertiary/aromatic N) is 1. The van der Waals surface area contributed by atoms with E-state index < -0.39 is 0 Å². The predicted molar refractivity (Wildman–Crippen MR) is 93.0 cm³/mol. The lowest BCUT2D eigenvalue weighted by atomic mass is 10.2. The van der Waals surface area contributed by atoms with Gasteiger partial charge in [0.2, 0.25) is 0 Å². The van der Waals surface area contributed by atoms with Crippen LogP contribution in [-0.4, -0.2) is 17.5 Å². The summed E-state index contributed by atoms with van der Waals surface area (Å²) in [5.74, 6) is -0.0271. The maximum atomic E-state index is 12.4. The number of hydrogen-bond acceptors (Lipinski definition) is 5. The molecule has 3 aromatic rings. The van der Waals surface area contributed by atoms with Gasteiger partial charge < -0.3 is 10.1 Å². The second kappa shape index (κ2) is 6.39. The van der Waals surface area contributed by atoms with E-state index in [9.17, 15) is 4.79 Å². The number of aromatic nitrogens is 1. The van der Waals surface area contributed by atoms with Crippen LogP contribution in [0.15, 0.2) is 35.8 Å². The summed E-state index contributed by atoms with van der Waals surface area (Å²) in [6, 6.07) is 9.91. The molecule has 1 unspecified atom stereocenters. The van der Waals surface area contributed by atoms with Gasteiger partial charge in [0.05, 0.1) is 26.7 Å². The molecule has 1 atom stereocenters. The highest BCUT2D eigenvalue weighted by Crippen LogP contribution is 2.33. The summed E-state index contributed by atoms with van der Waals surface area (Å²) in [6.45, 7) is 1.34. The first-order chi connectivity index (χ1) is 11.3. The van der Waals surface area contributed by atoms with E-state index in [4.69, 9.17) is 4.74 Å². The molecule has 6 heteroatoms. The van der Waals surface area contributed by atoms with Crippen LogP contribution >= 0.6 is 22.7 Å². The smallest absolute Gasteiger partial charge is 0.261 e. The average Bonchev–Trinajstić information content (AvgIpc) is 3.32. The number of nitrogens with one attached hydrogen (secondary N) is 1. The Morgan fingerprint density at radius 1 is 1.35 bits per heavy atom. The van der Waals surface area contributed by atoms with E-state index in [0.29, 0.717) is 6.54 Å². The molecule has 0 spiro atoms. The zero-order valence-corrected chi connectivity index (χ0v) is 14.1. The van der Waals surface area contributed by atoms with E-state index in [1.54, 1.807) is 11.3 Å². The summed E-state index contributed by atoms with van der Waals surface area (Å²) < 4.78 is 6.81. The minimum atomic E-state index is -0.0271. The molecule has 1 aliphatic rings. The first-order valence-electron chi connectivity index (χ1n) is 7.62. The molecule has 1 amide bonds. The number of carbonyl (C=O) groups is 1. The number of thiazole rings is 1. The van der Waals surface area contributed by atoms with Gasteiger partial charge in [-0.25, -0.2) is 4.98 Å². The first-order valence-corrected chi connectivity index (χ1v) is 9.31. The van der Waals surface area contributed by atoms with Crippen LogP contribution in [-0.2, 0) is 11.3 Å². The van der Waals surface area contributed by atoms with Crippen molar-refractivity contribution in [1.82, 2.24) is 10.3 Å². The highest BCUT2D eigenvalue weighted by Gasteiger charge is 2.20. The molecule has 0 aliphatic carbocycles. The predicted octanol–water partition coefficient (Wildman–Crippen LogP) is 4.14. The van der Waals surface area contributed by atoms with E-state index in [1.807, 2.05) is 35.8 Å². The van der Waals surface area contributed by atoms with Gasteiger partial charge in [-0.3, -0.25) is 4.79 Å². The van der Waals surface area contributed by atoms with Crippen molar-refractivity contribution < 1.29 is 9.53 Å². The molecule has 1 N–H and O–H groups in total. The Labute approximate surface area is 142 Å². The van der Waals surface area contributed by atoms with Crippen LogP contribution in [0.2, 0.25) is 0 Å². The van der Waals surface area contributed by atoms with Gasteiger partial charge in [-0.05, 0) is 36.6 Å². The van der Waals surface area contributed by atoms with Crippen LogP contribution in [0.5, 0.6) is 0 Å². The molecule has 0 bridgehead atoms. The van der Waals surface area contributed by atoms with Crippen molar-refractivity contribution in [2.45, 2.75) is 25.5 Å². The highest BCUT2D eigenvalue weighted by atomic mass is 32.1. The van der Waals surface area contributed by atoms with Crippen LogP contribution in [0.1, 0.15) is 39.1 Å². The fraction of sp³-hybridized carbons (Fsp3) is 0.294. The van der Waals surface area contributed by atoms with Crippen molar-refractivity contribution in [3.8, 4) is 0 Å². The monoisotopic (exact) mass is 344 g/mol. The molecule has 0 saturated carbocycles. The third-order valence-corrected chi connectivity index (χ3v) is 6.07. The van der Waals surface area contributed by atoms with E-state index in [-0.39, 0.29) is 12.0 Å². The molecule has 2 aromatic heterocycles. The maximum absolute atomic E-state index is 12.4. The Kier molecular flexibility index (Phi) is 4.11. The lowest BCUT2D eigenvalue weighted by Crippen LogP contribution is -2.21. The van der Waals surface area contributed by atoms with Crippen molar-refractivity contribution in [1.29, 1.82) is 0 Å². The van der Waals surface area contributed by atoms with Gasteiger partial charge in [-0.2, -0.15) is 0 Å². The summed E-state index contributed by atoms with van der Waals surface area (Å²) in [5.41, 5.74) is 3.93. The summed E-state index contributed by atoms with van der Waals surface area (Å²) >= 11 is 3.14. The quantitative estimate of drug-likeness (QED) is 0.774. The van der Waals surface area contributed by atoms with E-state index in [1.165, 1.54) is 11.3 Å². The lowest BCUT2D eigenvalue weighted by molar-refractivity contribution is 0.0955. The second-order valence-electron chi connectivity index (χ2n) is 5.50. The summed E-state index contributed by atoms with van der Waals surface area (Å²) in [5, 5.41) is 3.01. The topological polar surface area (TPSA) is 51.2 Å². The van der Waals surface area contributed by atoms with Crippen LogP contribution in [0.25, 0.3) is 10.2 Å². The van der Waals surface area contributed by atoms with Crippen molar-refractivity contribution >= 4 is 38.8 Å². The molecule has 1 aromatic carbocycles. The fourth-order valence-corrected chi connectivity index (χ4v) is 4.61. The van der Waals surface area contributed by atoms with Crippen LogP contribution < -0.4 is 5.32 Å². The number of thiophene rings is 1. The number of rotatable bonds is 4. The number of ether oxygens (including phenoxy) is 1. The Hall–Kier alpha value is -1.76. The molecule has 118 valence electrons. The molecule has 1 fully saturated rings. The Balaban J connectivity index is 1.44. The van der Waals surface area contributed by atoms with Gasteiger partial charge in [-0.15, -0.1) is 22.7 Å². The van der Waals surface area contributed by atoms with Gasteiger partial charge in [-0.1, -0.05) is 12.1 Å². The standard InChI is InChI=1S/C17H16N2O2S2/c20-17(15-7-6-14(23-15)13-5-2-8-21-13)18-9-11-3-1-4-12-16(11)22-10-19-12/h1,3-4,6-7,10,13H,2,5,8-9H2,(H,18,20). The third-order valence-electron chi connectivity index (χ3n) is 3.98. The average molecular weight is 344 g/mol. The molecule has 4 rings (SSSR count). The number of benzene rings is 1. The van der Waals surface area contributed by atoms with Crippen LogP contribution in [0.3, 0.4) is 0 Å². The molecule has 23 heavy (non-hydrogen) atoms. The molecule has 0 radical (unpaired) electrons. The van der Waals surface area contributed by atoms with Crippen molar-refractivity contribution in [3.05, 3.63) is 51.2 Å². The number of fused-ring (bicyclic) bond motifs is 1. The largest absolute Gasteiger partial charge is 0.373 e. The number of hydrogen-bond donors (Lipinski definition) is 1. The zero-order chi connectivity index (χ0) is 15.6. The van der Waals surface area contributed by atoms with Crippen molar-refractivity contribution in [3.63, 3.8) is 0 Å². The van der Waals surface area contributed by atoms with Gasteiger partial charge in [0.25, 0.3) is 5.91 Å². The first kappa shape index (κ1) is 14.8. The minimum absolute atomic E-state index is 0.0271. The fourth-order valence-electron chi connectivity index (χ4n) is 2.80. The zero-order valence-electron chi connectivity index (χ0n) is 12.5. The third kappa shape index (κ3) is 3.02. The van der Waals surface area contributed by atoms with E-state index in [2.05, 4.69) is 10.3 Å². The number of amides is 1. The van der Waals surface area contributed by atoms with E-state index in [0.717, 1.165) is 45.0 Å². The lowest BCUT2D eigenvalue weighted by Gasteiger charge is -2.06. The van der Waals surface area contributed by atoms with Crippen LogP contribution in [0.4, 0.5) is 0 Å². The minimum Gasteiger partial charge on any atom is -0.373 e. The molecular weight excluding hydrogens is 328 g/mol. The van der Waals surface area contributed by atoms with Crippen LogP contribution in [0, 0.1) is 0 Å². The Morgan fingerprint density at radius 2 is 2.30 bits per heavy atom. The maximum Gasteiger partial charge on any atom is 0.261 e. The second-order valence-corrected chi connectivity index (χ2v) is 7.47. The number of carbonyl (C=O) groups excluding carboxylic acids is 1.